The molecule has 2 aliphatic carbocycles. The van der Waals surface area contributed by atoms with E-state index in [1.54, 1.807) is 0 Å². The predicted molar refractivity (Wildman–Crippen MR) is 123 cm³/mol. The highest BCUT2D eigenvalue weighted by molar-refractivity contribution is 9.10. The highest BCUT2D eigenvalue weighted by Crippen LogP contribution is 2.57. The van der Waals surface area contributed by atoms with E-state index in [-0.39, 0.29) is 5.78 Å². The van der Waals surface area contributed by atoms with Crippen molar-refractivity contribution >= 4 is 54.8 Å². The van der Waals surface area contributed by atoms with Gasteiger partial charge in [-0.1, -0.05) is 101 Å². The molecule has 0 heterocycles. The van der Waals surface area contributed by atoms with E-state index in [9.17, 15) is 4.79 Å². The Morgan fingerprint density at radius 3 is 1.66 bits per heavy atom. The molecule has 0 unspecified atom stereocenters. The number of hydrogen-bond donors (Lipinski definition) is 0. The van der Waals surface area contributed by atoms with Gasteiger partial charge in [-0.3, -0.25) is 4.79 Å². The average molecular weight is 435 g/mol. The number of benzene rings is 4. The van der Waals surface area contributed by atoms with Gasteiger partial charge in [-0.05, 0) is 39.1 Å². The van der Waals surface area contributed by atoms with Crippen LogP contribution in [0, 0.1) is 0 Å². The third kappa shape index (κ3) is 2.24. The van der Waals surface area contributed by atoms with Gasteiger partial charge in [0.05, 0.1) is 0 Å². The maximum absolute atomic E-state index is 13.8. The fourth-order valence-electron chi connectivity index (χ4n) is 4.69. The van der Waals surface area contributed by atoms with Crippen LogP contribution in [0.15, 0.2) is 95.5 Å². The largest absolute Gasteiger partial charge is 0.289 e. The standard InChI is InChI=1S/C27H15BrO/c28-21-15-14-20-24-18(21)12-7-13-19(24)25-22(16-8-3-1-4-9-16)27(29)23(26(20)25)17-10-5-2-6-11-17/h1-15H. The number of allylic oxidation sites excluding steroid dienone is 4. The van der Waals surface area contributed by atoms with E-state index in [1.165, 1.54) is 10.8 Å². The van der Waals surface area contributed by atoms with Crippen LogP contribution >= 0.6 is 15.9 Å². The topological polar surface area (TPSA) is 17.1 Å². The lowest BCUT2D eigenvalue weighted by Crippen LogP contribution is -2.02. The average Bonchev–Trinajstić information content (AvgIpc) is 3.24. The molecule has 29 heavy (non-hydrogen) atoms. The number of fused-ring (bicyclic) bond motifs is 3. The van der Waals surface area contributed by atoms with Gasteiger partial charge in [0, 0.05) is 26.8 Å². The summed E-state index contributed by atoms with van der Waals surface area (Å²) in [6.07, 6.45) is 0. The molecule has 0 aliphatic heterocycles. The van der Waals surface area contributed by atoms with Crippen LogP contribution in [-0.2, 0) is 4.79 Å². The molecule has 0 N–H and O–H groups in total. The first-order valence-electron chi connectivity index (χ1n) is 9.62. The van der Waals surface area contributed by atoms with E-state index < -0.39 is 0 Å². The van der Waals surface area contributed by atoms with Crippen LogP contribution in [0.2, 0.25) is 0 Å². The van der Waals surface area contributed by atoms with Crippen molar-refractivity contribution in [1.29, 1.82) is 0 Å². The smallest absolute Gasteiger partial charge is 0.195 e. The molecule has 0 atom stereocenters. The van der Waals surface area contributed by atoms with Crippen molar-refractivity contribution in [2.75, 3.05) is 0 Å². The van der Waals surface area contributed by atoms with Crippen LogP contribution in [0.3, 0.4) is 0 Å². The second-order valence-corrected chi connectivity index (χ2v) is 8.24. The zero-order valence-electron chi connectivity index (χ0n) is 15.4. The minimum Gasteiger partial charge on any atom is -0.289 e. The second-order valence-electron chi connectivity index (χ2n) is 7.38. The van der Waals surface area contributed by atoms with Crippen LogP contribution in [0.25, 0.3) is 33.1 Å². The van der Waals surface area contributed by atoms with Gasteiger partial charge in [-0.15, -0.1) is 0 Å². The molecule has 0 aromatic heterocycles. The maximum Gasteiger partial charge on any atom is 0.195 e. The summed E-state index contributed by atoms with van der Waals surface area (Å²) in [6, 6.07) is 30.7. The summed E-state index contributed by atoms with van der Waals surface area (Å²) >= 11 is 3.71. The molecule has 6 rings (SSSR count). The molecular formula is C27H15BrO. The minimum absolute atomic E-state index is 0.109. The normalized spacial score (nSPS) is 14.9. The van der Waals surface area contributed by atoms with Crippen LogP contribution in [0.5, 0.6) is 0 Å². The highest BCUT2D eigenvalue weighted by Gasteiger charge is 2.40. The molecule has 4 aromatic carbocycles. The molecule has 0 amide bonds. The Hall–Kier alpha value is -3.23. The molecule has 0 saturated carbocycles. The summed E-state index contributed by atoms with van der Waals surface area (Å²) in [6.45, 7) is 0. The SMILES string of the molecule is O=C1C(c2ccccc2)=C2C(=C1c1ccccc1)c1ccc(Br)c3cccc2c13. The summed E-state index contributed by atoms with van der Waals surface area (Å²) in [5, 5.41) is 2.41. The molecule has 0 spiro atoms. The zero-order valence-corrected chi connectivity index (χ0v) is 17.0. The van der Waals surface area contributed by atoms with Crippen molar-refractivity contribution in [3.05, 3.63) is 118 Å². The Kier molecular flexibility index (Phi) is 3.53. The Morgan fingerprint density at radius 2 is 1.07 bits per heavy atom. The van der Waals surface area contributed by atoms with Crippen LogP contribution < -0.4 is 0 Å². The number of carbonyl (C=O) groups is 1. The van der Waals surface area contributed by atoms with E-state index in [0.717, 1.165) is 49.0 Å². The molecule has 1 nitrogen and oxygen atoms in total. The Bertz CT molecular complexity index is 1320. The second kappa shape index (κ2) is 6.13. The van der Waals surface area contributed by atoms with E-state index >= 15 is 0 Å². The third-order valence-electron chi connectivity index (χ3n) is 5.86. The first-order valence-corrected chi connectivity index (χ1v) is 10.4. The van der Waals surface area contributed by atoms with Gasteiger partial charge in [-0.25, -0.2) is 0 Å². The summed E-state index contributed by atoms with van der Waals surface area (Å²) in [7, 11) is 0. The number of halogens is 1. The molecule has 2 aliphatic rings. The number of rotatable bonds is 2. The van der Waals surface area contributed by atoms with Crippen molar-refractivity contribution in [1.82, 2.24) is 0 Å². The highest BCUT2D eigenvalue weighted by atomic mass is 79.9. The zero-order chi connectivity index (χ0) is 19.5. The van der Waals surface area contributed by atoms with Gasteiger partial charge in [0.25, 0.3) is 0 Å². The number of carbonyl (C=O) groups excluding carboxylic acids is 1. The van der Waals surface area contributed by atoms with Crippen molar-refractivity contribution in [2.24, 2.45) is 0 Å². The van der Waals surface area contributed by atoms with Crippen LogP contribution in [0.1, 0.15) is 22.3 Å². The van der Waals surface area contributed by atoms with E-state index in [4.69, 9.17) is 0 Å². The van der Waals surface area contributed by atoms with Crippen molar-refractivity contribution < 1.29 is 4.79 Å². The van der Waals surface area contributed by atoms with Gasteiger partial charge in [0.1, 0.15) is 0 Å². The quantitative estimate of drug-likeness (QED) is 0.331. The molecule has 0 bridgehead atoms. The summed E-state index contributed by atoms with van der Waals surface area (Å²) in [5.41, 5.74) is 7.98. The molecule has 2 heteroatoms. The van der Waals surface area contributed by atoms with Gasteiger partial charge in [0.2, 0.25) is 0 Å². The fraction of sp³-hybridized carbons (Fsp3) is 0. The van der Waals surface area contributed by atoms with Crippen LogP contribution in [0.4, 0.5) is 0 Å². The molecular weight excluding hydrogens is 420 g/mol. The van der Waals surface area contributed by atoms with Gasteiger partial charge < -0.3 is 0 Å². The van der Waals surface area contributed by atoms with Gasteiger partial charge in [-0.2, -0.15) is 0 Å². The number of Topliss-reactive ketones (excluding diaryl/α,β-unsaturated/α-hetero) is 1. The lowest BCUT2D eigenvalue weighted by molar-refractivity contribution is -0.108. The van der Waals surface area contributed by atoms with E-state index in [2.05, 4.69) is 46.3 Å². The molecule has 136 valence electrons. The first-order chi connectivity index (χ1) is 14.3. The Balaban J connectivity index is 1.78. The van der Waals surface area contributed by atoms with Crippen molar-refractivity contribution in [2.45, 2.75) is 0 Å². The molecule has 0 radical (unpaired) electrons. The summed E-state index contributed by atoms with van der Waals surface area (Å²) < 4.78 is 1.08. The lowest BCUT2D eigenvalue weighted by Gasteiger charge is -2.09. The molecule has 0 fully saturated rings. The van der Waals surface area contributed by atoms with Crippen molar-refractivity contribution in [3.63, 3.8) is 0 Å². The van der Waals surface area contributed by atoms with Crippen LogP contribution in [-0.4, -0.2) is 5.78 Å². The maximum atomic E-state index is 13.8. The summed E-state index contributed by atoms with van der Waals surface area (Å²) in [4.78, 5) is 13.8. The number of hydrogen-bond acceptors (Lipinski definition) is 1. The number of ketones is 1. The predicted octanol–water partition coefficient (Wildman–Crippen LogP) is 7.02. The first kappa shape index (κ1) is 16.7. The fourth-order valence-corrected chi connectivity index (χ4v) is 5.15. The van der Waals surface area contributed by atoms with Crippen molar-refractivity contribution in [3.8, 4) is 0 Å². The van der Waals surface area contributed by atoms with E-state index in [0.29, 0.717) is 0 Å². The van der Waals surface area contributed by atoms with E-state index in [1.807, 2.05) is 60.7 Å². The Labute approximate surface area is 177 Å². The lowest BCUT2D eigenvalue weighted by atomic mass is 9.93. The Morgan fingerprint density at radius 1 is 0.517 bits per heavy atom. The van der Waals surface area contributed by atoms with Gasteiger partial charge >= 0.3 is 0 Å². The van der Waals surface area contributed by atoms with Gasteiger partial charge in [0.15, 0.2) is 5.78 Å². The summed E-state index contributed by atoms with van der Waals surface area (Å²) in [5.74, 6) is 0.109. The molecule has 0 saturated heterocycles. The molecule has 4 aromatic rings. The third-order valence-corrected chi connectivity index (χ3v) is 6.55. The minimum atomic E-state index is 0.109. The monoisotopic (exact) mass is 434 g/mol.